The Morgan fingerprint density at radius 1 is 0.326 bits per heavy atom. The summed E-state index contributed by atoms with van der Waals surface area (Å²) in [6.07, 6.45) is 99.1. The standard InChI is InChI=1S/C85H166NO8P/c1-6-8-10-12-14-16-18-20-22-24-26-28-30-32-34-36-38-40-42-43-44-46-48-50-52-54-56-58-60-62-64-66-68-70-72-74-76-78-85(88)94-83(82-93-95(89,90)92-80-79-86(3,4)5)81-91-84(87)77-75-73-71-69-67-65-63-61-59-57-55-53-51-49-47-45-41-39-37-35-33-31-29-27-25-23-21-19-17-15-13-11-9-7-2/h18,20,24,26,83H,6-17,19,21-23,25,27-82H2,1-5H3/b20-18-,26-24-. The lowest BCUT2D eigenvalue weighted by atomic mass is 10.0. The molecule has 0 fully saturated rings. The van der Waals surface area contributed by atoms with E-state index < -0.39 is 26.5 Å². The smallest absolute Gasteiger partial charge is 0.306 e. The Hall–Kier alpha value is -1.51. The molecule has 2 atom stereocenters. The first-order chi connectivity index (χ1) is 46.5. The molecule has 0 aromatic carbocycles. The van der Waals surface area contributed by atoms with Gasteiger partial charge < -0.3 is 27.9 Å². The Kier molecular flexibility index (Phi) is 75.4. The van der Waals surface area contributed by atoms with Crippen molar-refractivity contribution < 1.29 is 42.1 Å². The molecule has 0 heterocycles. The van der Waals surface area contributed by atoms with Gasteiger partial charge in [0.2, 0.25) is 0 Å². The van der Waals surface area contributed by atoms with Gasteiger partial charge in [0.25, 0.3) is 7.82 Å². The number of ether oxygens (including phenoxy) is 2. The maximum absolute atomic E-state index is 12.9. The Morgan fingerprint density at radius 2 is 0.568 bits per heavy atom. The fourth-order valence-electron chi connectivity index (χ4n) is 13.2. The second-order valence-corrected chi connectivity index (χ2v) is 32.0. The number of phosphoric ester groups is 1. The lowest BCUT2D eigenvalue weighted by Crippen LogP contribution is -2.37. The molecule has 0 spiro atoms. The van der Waals surface area contributed by atoms with Crippen molar-refractivity contribution in [1.29, 1.82) is 0 Å². The van der Waals surface area contributed by atoms with E-state index in [2.05, 4.69) is 38.2 Å². The summed E-state index contributed by atoms with van der Waals surface area (Å²) < 4.78 is 34.5. The van der Waals surface area contributed by atoms with Gasteiger partial charge in [-0.3, -0.25) is 14.2 Å². The summed E-state index contributed by atoms with van der Waals surface area (Å²) in [6.45, 7) is 4.33. The molecule has 10 heteroatoms. The highest BCUT2D eigenvalue weighted by atomic mass is 31.2. The van der Waals surface area contributed by atoms with Gasteiger partial charge in [0.05, 0.1) is 27.7 Å². The number of allylic oxidation sites excluding steroid dienone is 4. The number of carbonyl (C=O) groups is 2. The van der Waals surface area contributed by atoms with E-state index in [4.69, 9.17) is 18.5 Å². The number of phosphoric acid groups is 1. The molecule has 0 saturated carbocycles. The van der Waals surface area contributed by atoms with Crippen molar-refractivity contribution in [2.75, 3.05) is 47.5 Å². The first-order valence-electron chi connectivity index (χ1n) is 42.5. The van der Waals surface area contributed by atoms with E-state index in [9.17, 15) is 19.0 Å². The highest BCUT2D eigenvalue weighted by Gasteiger charge is 2.22. The normalized spacial score (nSPS) is 13.0. The van der Waals surface area contributed by atoms with E-state index in [1.54, 1.807) is 0 Å². The minimum absolute atomic E-state index is 0.0260. The van der Waals surface area contributed by atoms with Gasteiger partial charge in [-0.2, -0.15) is 0 Å². The van der Waals surface area contributed by atoms with Crippen LogP contribution in [0.3, 0.4) is 0 Å². The van der Waals surface area contributed by atoms with E-state index in [1.165, 1.54) is 385 Å². The molecule has 95 heavy (non-hydrogen) atoms. The van der Waals surface area contributed by atoms with Crippen LogP contribution >= 0.6 is 7.82 Å². The van der Waals surface area contributed by atoms with Crippen LogP contribution in [-0.2, 0) is 32.7 Å². The van der Waals surface area contributed by atoms with Gasteiger partial charge >= 0.3 is 11.9 Å². The second-order valence-electron chi connectivity index (χ2n) is 30.6. The lowest BCUT2D eigenvalue weighted by Gasteiger charge is -2.28. The number of likely N-dealkylation sites (N-methyl/N-ethyl adjacent to an activating group) is 1. The highest BCUT2D eigenvalue weighted by Crippen LogP contribution is 2.38. The Bertz CT molecular complexity index is 1650. The van der Waals surface area contributed by atoms with Gasteiger partial charge in [-0.25, -0.2) is 0 Å². The Labute approximate surface area is 593 Å². The van der Waals surface area contributed by atoms with E-state index >= 15 is 0 Å². The summed E-state index contributed by atoms with van der Waals surface area (Å²) >= 11 is 0. The number of esters is 2. The number of hydrogen-bond acceptors (Lipinski definition) is 8. The molecular formula is C85H166NO8P. The summed E-state index contributed by atoms with van der Waals surface area (Å²) in [4.78, 5) is 38.2. The molecule has 9 nitrogen and oxygen atoms in total. The molecule has 0 aromatic heterocycles. The molecule has 0 rings (SSSR count). The van der Waals surface area contributed by atoms with Crippen molar-refractivity contribution in [3.8, 4) is 0 Å². The van der Waals surface area contributed by atoms with Crippen LogP contribution in [0.1, 0.15) is 457 Å². The van der Waals surface area contributed by atoms with Gasteiger partial charge in [0.1, 0.15) is 19.8 Å². The van der Waals surface area contributed by atoms with Gasteiger partial charge in [0.15, 0.2) is 6.10 Å². The van der Waals surface area contributed by atoms with Gasteiger partial charge in [-0.15, -0.1) is 0 Å². The highest BCUT2D eigenvalue weighted by molar-refractivity contribution is 7.45. The van der Waals surface area contributed by atoms with E-state index in [1.807, 2.05) is 21.1 Å². The maximum atomic E-state index is 12.9. The fraction of sp³-hybridized carbons (Fsp3) is 0.929. The van der Waals surface area contributed by atoms with Crippen LogP contribution in [0.15, 0.2) is 24.3 Å². The zero-order chi connectivity index (χ0) is 69.0. The Morgan fingerprint density at radius 3 is 0.832 bits per heavy atom. The van der Waals surface area contributed by atoms with Crippen molar-refractivity contribution >= 4 is 19.8 Å². The molecule has 564 valence electrons. The summed E-state index contributed by atoms with van der Waals surface area (Å²) in [6, 6.07) is 0. The van der Waals surface area contributed by atoms with Crippen molar-refractivity contribution in [1.82, 2.24) is 0 Å². The predicted octanol–water partition coefficient (Wildman–Crippen LogP) is 27.7. The average Bonchev–Trinajstić information content (AvgIpc) is 1.80. The Balaban J connectivity index is 3.86. The molecule has 0 aliphatic carbocycles. The number of hydrogen-bond donors (Lipinski definition) is 0. The van der Waals surface area contributed by atoms with Gasteiger partial charge in [0, 0.05) is 12.8 Å². The average molecular weight is 1360 g/mol. The fourth-order valence-corrected chi connectivity index (χ4v) is 14.0. The molecule has 0 N–H and O–H groups in total. The molecule has 2 unspecified atom stereocenters. The number of rotatable bonds is 81. The minimum Gasteiger partial charge on any atom is -0.756 e. The molecule has 0 aliphatic heterocycles. The molecule has 0 amide bonds. The summed E-state index contributed by atoms with van der Waals surface area (Å²) in [7, 11) is 1.20. The number of carbonyl (C=O) groups excluding carboxylic acids is 2. The lowest BCUT2D eigenvalue weighted by molar-refractivity contribution is -0.870. The van der Waals surface area contributed by atoms with E-state index in [-0.39, 0.29) is 32.0 Å². The molecule has 0 radical (unpaired) electrons. The predicted molar refractivity (Wildman–Crippen MR) is 411 cm³/mol. The summed E-state index contributed by atoms with van der Waals surface area (Å²) in [5.74, 6) is -0.802. The van der Waals surface area contributed by atoms with Crippen LogP contribution in [0.5, 0.6) is 0 Å². The monoisotopic (exact) mass is 1360 g/mol. The zero-order valence-corrected chi connectivity index (χ0v) is 65.6. The number of nitrogens with zero attached hydrogens (tertiary/aromatic N) is 1. The first-order valence-corrected chi connectivity index (χ1v) is 44.0. The van der Waals surface area contributed by atoms with Crippen LogP contribution in [0.2, 0.25) is 0 Å². The van der Waals surface area contributed by atoms with E-state index in [0.29, 0.717) is 17.4 Å². The zero-order valence-electron chi connectivity index (χ0n) is 64.7. The first kappa shape index (κ1) is 93.5. The molecule has 0 bridgehead atoms. The third kappa shape index (κ3) is 81.3. The number of quaternary nitrogens is 1. The molecular weight excluding hydrogens is 1190 g/mol. The molecule has 0 saturated heterocycles. The molecule has 0 aliphatic rings. The maximum Gasteiger partial charge on any atom is 0.306 e. The largest absolute Gasteiger partial charge is 0.756 e. The van der Waals surface area contributed by atoms with Crippen molar-refractivity contribution in [3.05, 3.63) is 24.3 Å². The van der Waals surface area contributed by atoms with Crippen molar-refractivity contribution in [2.24, 2.45) is 0 Å². The topological polar surface area (TPSA) is 111 Å². The third-order valence-electron chi connectivity index (χ3n) is 19.7. The van der Waals surface area contributed by atoms with Gasteiger partial charge in [-0.05, 0) is 44.9 Å². The summed E-state index contributed by atoms with van der Waals surface area (Å²) in [5.41, 5.74) is 0. The van der Waals surface area contributed by atoms with E-state index in [0.717, 1.165) is 38.5 Å². The van der Waals surface area contributed by atoms with Crippen LogP contribution < -0.4 is 4.89 Å². The van der Waals surface area contributed by atoms with Crippen molar-refractivity contribution in [3.63, 3.8) is 0 Å². The van der Waals surface area contributed by atoms with Crippen LogP contribution in [0.4, 0.5) is 0 Å². The summed E-state index contributed by atoms with van der Waals surface area (Å²) in [5, 5.41) is 0. The second kappa shape index (κ2) is 76.7. The third-order valence-corrected chi connectivity index (χ3v) is 20.7. The quantitative estimate of drug-likeness (QED) is 0.0195. The van der Waals surface area contributed by atoms with Crippen LogP contribution in [-0.4, -0.2) is 70.0 Å². The van der Waals surface area contributed by atoms with Crippen molar-refractivity contribution in [2.45, 2.75) is 463 Å². The minimum atomic E-state index is -4.64. The molecule has 0 aromatic rings. The van der Waals surface area contributed by atoms with Crippen LogP contribution in [0, 0.1) is 0 Å². The SMILES string of the molecule is CCCCCCC/C=C\C/C=C\CCCCCCCCCCCCCCCCCCCCCCCCCCCC(=O)OC(COC(=O)CCCCCCCCCCCCCCCCCCCCCCCCCCCCCCCCCCCC)COP(=O)([O-])OCC[N+](C)(C)C. The number of unbranched alkanes of at least 4 members (excludes halogenated alkanes) is 63. The van der Waals surface area contributed by atoms with Gasteiger partial charge in [-0.1, -0.05) is 423 Å². The van der Waals surface area contributed by atoms with Crippen LogP contribution in [0.25, 0.3) is 0 Å².